The van der Waals surface area contributed by atoms with E-state index in [4.69, 9.17) is 5.11 Å². The van der Waals surface area contributed by atoms with E-state index in [9.17, 15) is 9.59 Å². The molecule has 0 unspecified atom stereocenters. The highest BCUT2D eigenvalue weighted by Gasteiger charge is 2.23. The number of aliphatic carboxylic acids is 1. The van der Waals surface area contributed by atoms with Crippen molar-refractivity contribution in [2.24, 2.45) is 0 Å². The molecule has 0 aromatic heterocycles. The van der Waals surface area contributed by atoms with Crippen LogP contribution in [0.4, 0.5) is 5.69 Å². The lowest BCUT2D eigenvalue weighted by Gasteiger charge is -2.29. The SMILES string of the molecule is Cc1ccc2c(c1)SCCN2C(=O)CCC(=O)O. The maximum atomic E-state index is 12.0. The molecular formula is C13H15NO3S. The molecule has 0 saturated carbocycles. The molecule has 1 N–H and O–H groups in total. The average Bonchev–Trinajstić information content (AvgIpc) is 2.34. The summed E-state index contributed by atoms with van der Waals surface area (Å²) in [6.07, 6.45) is -0.0447. The topological polar surface area (TPSA) is 57.6 Å². The Morgan fingerprint density at radius 1 is 1.39 bits per heavy atom. The van der Waals surface area contributed by atoms with E-state index in [1.807, 2.05) is 19.1 Å². The largest absolute Gasteiger partial charge is 0.481 e. The highest BCUT2D eigenvalue weighted by Crippen LogP contribution is 2.35. The summed E-state index contributed by atoms with van der Waals surface area (Å²) in [4.78, 5) is 25.3. The second-order valence-corrected chi connectivity index (χ2v) is 5.40. The number of aryl methyl sites for hydroxylation is 1. The molecule has 0 aliphatic carbocycles. The monoisotopic (exact) mass is 265 g/mol. The Bertz CT molecular complexity index is 487. The second-order valence-electron chi connectivity index (χ2n) is 4.26. The van der Waals surface area contributed by atoms with Gasteiger partial charge < -0.3 is 10.0 Å². The van der Waals surface area contributed by atoms with Gasteiger partial charge in [0.15, 0.2) is 0 Å². The first-order valence-electron chi connectivity index (χ1n) is 5.83. The van der Waals surface area contributed by atoms with Gasteiger partial charge in [0.05, 0.1) is 12.1 Å². The molecular weight excluding hydrogens is 250 g/mol. The average molecular weight is 265 g/mol. The summed E-state index contributed by atoms with van der Waals surface area (Å²) in [6.45, 7) is 2.67. The molecule has 0 saturated heterocycles. The Hall–Kier alpha value is -1.49. The lowest BCUT2D eigenvalue weighted by atomic mass is 10.2. The molecule has 1 amide bonds. The summed E-state index contributed by atoms with van der Waals surface area (Å²) in [5.74, 6) is -0.184. The number of nitrogens with zero attached hydrogens (tertiary/aromatic N) is 1. The number of hydrogen-bond acceptors (Lipinski definition) is 3. The Morgan fingerprint density at radius 3 is 2.89 bits per heavy atom. The van der Waals surface area contributed by atoms with Crippen molar-refractivity contribution in [2.45, 2.75) is 24.7 Å². The van der Waals surface area contributed by atoms with E-state index < -0.39 is 5.97 Å². The van der Waals surface area contributed by atoms with E-state index in [1.54, 1.807) is 16.7 Å². The van der Waals surface area contributed by atoms with Crippen LogP contribution in [0.25, 0.3) is 0 Å². The molecule has 1 aliphatic heterocycles. The zero-order chi connectivity index (χ0) is 13.1. The molecule has 0 fully saturated rings. The number of carboxylic acids is 1. The molecule has 2 rings (SSSR count). The number of benzene rings is 1. The number of anilines is 1. The van der Waals surface area contributed by atoms with Gasteiger partial charge in [-0.1, -0.05) is 6.07 Å². The zero-order valence-corrected chi connectivity index (χ0v) is 11.0. The van der Waals surface area contributed by atoms with Crippen LogP contribution in [0.15, 0.2) is 23.1 Å². The molecule has 1 aliphatic rings. The highest BCUT2D eigenvalue weighted by atomic mass is 32.2. The van der Waals surface area contributed by atoms with Crippen LogP contribution in [-0.2, 0) is 9.59 Å². The van der Waals surface area contributed by atoms with Gasteiger partial charge in [0.1, 0.15) is 0 Å². The number of carboxylic acid groups (broad SMARTS) is 1. The molecule has 0 atom stereocenters. The first-order valence-corrected chi connectivity index (χ1v) is 6.82. The van der Waals surface area contributed by atoms with Crippen LogP contribution in [0.1, 0.15) is 18.4 Å². The van der Waals surface area contributed by atoms with Crippen molar-refractivity contribution >= 4 is 29.3 Å². The fraction of sp³-hybridized carbons (Fsp3) is 0.385. The molecule has 5 heteroatoms. The van der Waals surface area contributed by atoms with Crippen molar-refractivity contribution in [3.05, 3.63) is 23.8 Å². The summed E-state index contributed by atoms with van der Waals surface area (Å²) < 4.78 is 0. The fourth-order valence-electron chi connectivity index (χ4n) is 1.94. The third-order valence-electron chi connectivity index (χ3n) is 2.83. The van der Waals surface area contributed by atoms with E-state index in [1.165, 1.54) is 5.56 Å². The number of rotatable bonds is 3. The Kier molecular flexibility index (Phi) is 3.91. The Morgan fingerprint density at radius 2 is 2.17 bits per heavy atom. The van der Waals surface area contributed by atoms with E-state index in [0.29, 0.717) is 6.54 Å². The van der Waals surface area contributed by atoms with Crippen LogP contribution in [0, 0.1) is 6.92 Å². The van der Waals surface area contributed by atoms with Crippen LogP contribution >= 0.6 is 11.8 Å². The minimum Gasteiger partial charge on any atom is -0.481 e. The quantitative estimate of drug-likeness (QED) is 0.911. The van der Waals surface area contributed by atoms with E-state index >= 15 is 0 Å². The third kappa shape index (κ3) is 2.85. The van der Waals surface area contributed by atoms with Crippen molar-refractivity contribution in [3.63, 3.8) is 0 Å². The summed E-state index contributed by atoms with van der Waals surface area (Å²) in [6, 6.07) is 5.98. The normalized spacial score (nSPS) is 14.2. The maximum absolute atomic E-state index is 12.0. The number of carbonyl (C=O) groups excluding carboxylic acids is 1. The molecule has 18 heavy (non-hydrogen) atoms. The number of thioether (sulfide) groups is 1. The summed E-state index contributed by atoms with van der Waals surface area (Å²) >= 11 is 1.74. The van der Waals surface area contributed by atoms with Gasteiger partial charge in [-0.2, -0.15) is 0 Å². The number of fused-ring (bicyclic) bond motifs is 1. The first-order chi connectivity index (χ1) is 8.58. The molecule has 1 aromatic carbocycles. The Balaban J connectivity index is 2.17. The maximum Gasteiger partial charge on any atom is 0.303 e. The van der Waals surface area contributed by atoms with Gasteiger partial charge in [0.2, 0.25) is 5.91 Å². The van der Waals surface area contributed by atoms with Gasteiger partial charge in [0, 0.05) is 23.6 Å². The molecule has 4 nitrogen and oxygen atoms in total. The number of carbonyl (C=O) groups is 2. The smallest absolute Gasteiger partial charge is 0.303 e. The summed E-state index contributed by atoms with van der Waals surface area (Å²) in [5, 5.41) is 8.62. The highest BCUT2D eigenvalue weighted by molar-refractivity contribution is 7.99. The van der Waals surface area contributed by atoms with Crippen molar-refractivity contribution in [1.29, 1.82) is 0 Å². The van der Waals surface area contributed by atoms with Crippen LogP contribution in [0.2, 0.25) is 0 Å². The van der Waals surface area contributed by atoms with Crippen LogP contribution in [-0.4, -0.2) is 29.3 Å². The molecule has 96 valence electrons. The van der Waals surface area contributed by atoms with Gasteiger partial charge in [-0.3, -0.25) is 9.59 Å². The van der Waals surface area contributed by atoms with Gasteiger partial charge in [-0.05, 0) is 24.6 Å². The lowest BCUT2D eigenvalue weighted by Crippen LogP contribution is -2.35. The second kappa shape index (κ2) is 5.44. The van der Waals surface area contributed by atoms with Crippen molar-refractivity contribution in [3.8, 4) is 0 Å². The van der Waals surface area contributed by atoms with E-state index in [0.717, 1.165) is 16.3 Å². The fourth-order valence-corrected chi connectivity index (χ4v) is 3.02. The van der Waals surface area contributed by atoms with Gasteiger partial charge >= 0.3 is 5.97 Å². The van der Waals surface area contributed by atoms with Crippen LogP contribution in [0.3, 0.4) is 0 Å². The molecule has 1 heterocycles. The van der Waals surface area contributed by atoms with E-state index in [-0.39, 0.29) is 18.7 Å². The van der Waals surface area contributed by atoms with Crippen LogP contribution < -0.4 is 4.90 Å². The Labute approximate surface area is 110 Å². The van der Waals surface area contributed by atoms with Crippen molar-refractivity contribution in [1.82, 2.24) is 0 Å². The lowest BCUT2D eigenvalue weighted by molar-refractivity contribution is -0.138. The minimum atomic E-state index is -0.932. The molecule has 0 spiro atoms. The van der Waals surface area contributed by atoms with Crippen LogP contribution in [0.5, 0.6) is 0 Å². The van der Waals surface area contributed by atoms with Crippen molar-refractivity contribution < 1.29 is 14.7 Å². The molecule has 1 aromatic rings. The molecule has 0 radical (unpaired) electrons. The van der Waals surface area contributed by atoms with E-state index in [2.05, 4.69) is 6.07 Å². The summed E-state index contributed by atoms with van der Waals surface area (Å²) in [5.41, 5.74) is 2.08. The number of amides is 1. The minimum absolute atomic E-state index is 0.0628. The first kappa shape index (κ1) is 13.0. The predicted molar refractivity (Wildman–Crippen MR) is 71.1 cm³/mol. The zero-order valence-electron chi connectivity index (χ0n) is 10.2. The summed E-state index contributed by atoms with van der Waals surface area (Å²) in [7, 11) is 0. The predicted octanol–water partition coefficient (Wildman–Crippen LogP) is 2.30. The third-order valence-corrected chi connectivity index (χ3v) is 3.86. The number of hydrogen-bond donors (Lipinski definition) is 1. The molecule has 0 bridgehead atoms. The standard InChI is InChI=1S/C13H15NO3S/c1-9-2-3-10-11(8-9)18-7-6-14(10)12(15)4-5-13(16)17/h2-3,8H,4-7H2,1H3,(H,16,17). The van der Waals surface area contributed by atoms with Crippen molar-refractivity contribution in [2.75, 3.05) is 17.2 Å². The van der Waals surface area contributed by atoms with Gasteiger partial charge in [0.25, 0.3) is 0 Å². The van der Waals surface area contributed by atoms with Gasteiger partial charge in [-0.15, -0.1) is 11.8 Å². The van der Waals surface area contributed by atoms with Gasteiger partial charge in [-0.25, -0.2) is 0 Å².